The van der Waals surface area contributed by atoms with Crippen LogP contribution < -0.4 is 19.8 Å². The number of nitrogens with zero attached hydrogens (tertiary/aromatic N) is 3. The molecular formula is C43H53N3O5Si. The summed E-state index contributed by atoms with van der Waals surface area (Å²) in [6.45, 7) is 13.5. The van der Waals surface area contributed by atoms with E-state index in [2.05, 4.69) is 65.1 Å². The molecular weight excluding hydrogens is 667 g/mol. The number of hydrogen-bond acceptors (Lipinski definition) is 6. The van der Waals surface area contributed by atoms with Crippen molar-refractivity contribution in [2.75, 3.05) is 30.2 Å². The van der Waals surface area contributed by atoms with E-state index in [4.69, 9.17) is 14.6 Å². The van der Waals surface area contributed by atoms with Gasteiger partial charge >= 0.3 is 0 Å². The van der Waals surface area contributed by atoms with Crippen molar-refractivity contribution in [2.24, 2.45) is 11.0 Å². The lowest BCUT2D eigenvalue weighted by molar-refractivity contribution is -0.146. The average molecular weight is 720 g/mol. The zero-order valence-corrected chi connectivity index (χ0v) is 32.7. The van der Waals surface area contributed by atoms with Gasteiger partial charge in [-0.15, -0.1) is 0 Å². The van der Waals surface area contributed by atoms with Gasteiger partial charge in [0.25, 0.3) is 5.91 Å². The van der Waals surface area contributed by atoms with Gasteiger partial charge < -0.3 is 19.5 Å². The summed E-state index contributed by atoms with van der Waals surface area (Å²) in [7, 11) is -0.676. The van der Waals surface area contributed by atoms with Crippen molar-refractivity contribution in [3.63, 3.8) is 0 Å². The summed E-state index contributed by atoms with van der Waals surface area (Å²) in [6, 6.07) is 24.0. The van der Waals surface area contributed by atoms with Crippen LogP contribution in [0.5, 0.6) is 5.75 Å². The fourth-order valence-corrected chi connectivity index (χ4v) is 12.6. The summed E-state index contributed by atoms with van der Waals surface area (Å²) in [5.74, 6) is 0.394. The Bertz CT molecular complexity index is 1880. The molecule has 3 aromatic rings. The first-order valence-corrected chi connectivity index (χ1v) is 21.6. The maximum Gasteiger partial charge on any atom is 0.264 e. The van der Waals surface area contributed by atoms with Crippen LogP contribution >= 0.6 is 0 Å². The van der Waals surface area contributed by atoms with Gasteiger partial charge in [-0.1, -0.05) is 91.0 Å². The summed E-state index contributed by atoms with van der Waals surface area (Å²) in [6.07, 6.45) is 7.24. The van der Waals surface area contributed by atoms with Gasteiger partial charge in [0, 0.05) is 37.5 Å². The number of carbonyl (C=O) groups is 2. The smallest absolute Gasteiger partial charge is 0.264 e. The molecule has 3 aromatic carbocycles. The quantitative estimate of drug-likeness (QED) is 0.152. The van der Waals surface area contributed by atoms with Gasteiger partial charge in [-0.2, -0.15) is 5.10 Å². The van der Waals surface area contributed by atoms with Crippen molar-refractivity contribution in [3.05, 3.63) is 107 Å². The van der Waals surface area contributed by atoms with Crippen LogP contribution in [-0.2, 0) is 19.9 Å². The number of hydrazone groups is 1. The third-order valence-electron chi connectivity index (χ3n) is 11.3. The normalized spacial score (nSPS) is 23.3. The molecule has 9 heteroatoms. The Hall–Kier alpha value is -4.31. The fraction of sp³-hybridized carbons (Fsp3) is 0.419. The first-order chi connectivity index (χ1) is 24.9. The van der Waals surface area contributed by atoms with Crippen molar-refractivity contribution in [1.29, 1.82) is 0 Å². The minimum atomic E-state index is -2.34. The molecule has 0 aromatic heterocycles. The van der Waals surface area contributed by atoms with E-state index in [1.54, 1.807) is 7.11 Å². The van der Waals surface area contributed by atoms with Gasteiger partial charge in [0.05, 0.1) is 38.4 Å². The molecule has 274 valence electrons. The van der Waals surface area contributed by atoms with Gasteiger partial charge in [-0.3, -0.25) is 9.59 Å². The highest BCUT2D eigenvalue weighted by Crippen LogP contribution is 2.60. The molecule has 1 N–H and O–H groups in total. The molecule has 0 saturated carbocycles. The van der Waals surface area contributed by atoms with Crippen LogP contribution in [-0.4, -0.2) is 57.1 Å². The molecule has 1 fully saturated rings. The lowest BCUT2D eigenvalue weighted by Gasteiger charge is -2.37. The van der Waals surface area contributed by atoms with Crippen LogP contribution in [0.3, 0.4) is 0 Å². The number of allylic oxidation sites excluding steroid dienone is 3. The summed E-state index contributed by atoms with van der Waals surface area (Å²) in [4.78, 5) is 30.5. The summed E-state index contributed by atoms with van der Waals surface area (Å²) >= 11 is 0. The molecule has 0 bridgehead atoms. The Morgan fingerprint density at radius 3 is 2.42 bits per heavy atom. The molecule has 0 radical (unpaired) electrons. The van der Waals surface area contributed by atoms with E-state index in [1.807, 2.05) is 65.6 Å². The maximum absolute atomic E-state index is 15.1. The number of ether oxygens (including phenoxy) is 2. The Kier molecular flexibility index (Phi) is 11.1. The van der Waals surface area contributed by atoms with Crippen LogP contribution in [0.25, 0.3) is 0 Å². The molecule has 0 unspecified atom stereocenters. The number of aliphatic hydroxyl groups excluding tert-OH is 1. The first kappa shape index (κ1) is 37.4. The average Bonchev–Trinajstić information content (AvgIpc) is 3.57. The van der Waals surface area contributed by atoms with Crippen LogP contribution in [0, 0.1) is 5.92 Å². The molecule has 3 aliphatic heterocycles. The number of amides is 2. The molecule has 8 nitrogen and oxygen atoms in total. The Balaban J connectivity index is 1.45. The Morgan fingerprint density at radius 1 is 1.02 bits per heavy atom. The highest BCUT2D eigenvalue weighted by molar-refractivity contribution is 6.91. The van der Waals surface area contributed by atoms with E-state index in [0.717, 1.165) is 41.1 Å². The van der Waals surface area contributed by atoms with Crippen LogP contribution in [0.15, 0.2) is 101 Å². The van der Waals surface area contributed by atoms with E-state index in [1.165, 1.54) is 21.3 Å². The zero-order valence-electron chi connectivity index (χ0n) is 31.7. The SMILES string of the molecule is COc1ccc([Si](C)(C)[C@H]2[C@H](CCO)O[C@@]3(C(=O)N(C/C=C(\C)CCC=C(C)C)c4ccc(N5N=C(c6ccccc6)CCC5=O)cc43)[C@@H]2C)cc1. The van der Waals surface area contributed by atoms with Crippen LogP contribution in [0.1, 0.15) is 70.9 Å². The molecule has 3 heterocycles. The Morgan fingerprint density at radius 2 is 1.75 bits per heavy atom. The van der Waals surface area contributed by atoms with Crippen LogP contribution in [0.2, 0.25) is 18.6 Å². The summed E-state index contributed by atoms with van der Waals surface area (Å²) in [5, 5.41) is 17.9. The second-order valence-electron chi connectivity index (χ2n) is 15.3. The van der Waals surface area contributed by atoms with Gasteiger partial charge in [0.1, 0.15) is 5.75 Å². The van der Waals surface area contributed by atoms with E-state index in [-0.39, 0.29) is 36.0 Å². The van der Waals surface area contributed by atoms with Crippen molar-refractivity contribution in [1.82, 2.24) is 0 Å². The molecule has 2 amide bonds. The number of hydrogen-bond donors (Lipinski definition) is 1. The number of carbonyl (C=O) groups excluding carboxylic acids is 2. The fourth-order valence-electron chi connectivity index (χ4n) is 8.54. The highest BCUT2D eigenvalue weighted by atomic mass is 28.3. The lowest BCUT2D eigenvalue weighted by Crippen LogP contribution is -2.52. The number of aliphatic hydroxyl groups is 1. The molecule has 0 aliphatic carbocycles. The highest BCUT2D eigenvalue weighted by Gasteiger charge is 2.66. The van der Waals surface area contributed by atoms with E-state index in [0.29, 0.717) is 31.5 Å². The molecule has 1 saturated heterocycles. The Labute approximate surface area is 309 Å². The largest absolute Gasteiger partial charge is 0.497 e. The standard InChI is InChI=1S/C43H53N3O5Si/c1-29(2)12-11-13-30(3)24-26-45-38-22-16-33(46-40(48)23-21-37(44-46)32-14-9-8-10-15-32)28-36(38)43(42(45)49)31(4)41(39(51-43)25-27-47)52(6,7)35-19-17-34(50-5)18-20-35/h8-10,12,14-20,22,24,28,31,39,41,47H,11,13,21,23,25-27H2,1-7H3/b30-24+/t31-,39+,41-,43+/m1/s1. The zero-order chi connectivity index (χ0) is 37.2. The van der Waals surface area contributed by atoms with E-state index < -0.39 is 13.7 Å². The van der Waals surface area contributed by atoms with Crippen molar-refractivity contribution in [3.8, 4) is 5.75 Å². The monoisotopic (exact) mass is 719 g/mol. The van der Waals surface area contributed by atoms with E-state index >= 15 is 4.79 Å². The van der Waals surface area contributed by atoms with Gasteiger partial charge in [0.2, 0.25) is 5.91 Å². The predicted octanol–water partition coefficient (Wildman–Crippen LogP) is 7.86. The summed E-state index contributed by atoms with van der Waals surface area (Å²) < 4.78 is 12.6. The number of benzene rings is 3. The minimum Gasteiger partial charge on any atom is -0.497 e. The predicted molar refractivity (Wildman–Crippen MR) is 212 cm³/mol. The third-order valence-corrected chi connectivity index (χ3v) is 15.7. The first-order valence-electron chi connectivity index (χ1n) is 18.6. The third kappa shape index (κ3) is 6.94. The number of rotatable bonds is 12. The molecule has 6 rings (SSSR count). The molecule has 3 aliphatic rings. The van der Waals surface area contributed by atoms with Gasteiger partial charge in [-0.25, -0.2) is 5.01 Å². The lowest BCUT2D eigenvalue weighted by atomic mass is 9.82. The molecule has 4 atom stereocenters. The minimum absolute atomic E-state index is 0.00845. The number of methoxy groups -OCH3 is 1. The number of anilines is 2. The maximum atomic E-state index is 15.1. The van der Waals surface area contributed by atoms with Crippen LogP contribution in [0.4, 0.5) is 11.4 Å². The van der Waals surface area contributed by atoms with Gasteiger partial charge in [0.15, 0.2) is 5.60 Å². The second-order valence-corrected chi connectivity index (χ2v) is 20.0. The van der Waals surface area contributed by atoms with Crippen molar-refractivity contribution < 1.29 is 24.2 Å². The van der Waals surface area contributed by atoms with Crippen molar-refractivity contribution >= 4 is 42.2 Å². The van der Waals surface area contributed by atoms with E-state index in [9.17, 15) is 9.90 Å². The number of fused-ring (bicyclic) bond motifs is 2. The molecule has 52 heavy (non-hydrogen) atoms. The topological polar surface area (TPSA) is 91.7 Å². The van der Waals surface area contributed by atoms with Crippen molar-refractivity contribution in [2.45, 2.75) is 90.1 Å². The second kappa shape index (κ2) is 15.3. The van der Waals surface area contributed by atoms with Gasteiger partial charge in [-0.05, 0) is 81.5 Å². The molecule has 1 spiro atoms. The summed E-state index contributed by atoms with van der Waals surface area (Å²) in [5.41, 5.74) is 5.23.